The molecular formula is C15H23N3O. The zero-order valence-corrected chi connectivity index (χ0v) is 11.6. The zero-order valence-electron chi connectivity index (χ0n) is 11.6. The third-order valence-electron chi connectivity index (χ3n) is 6.07. The van der Waals surface area contributed by atoms with Gasteiger partial charge in [0.15, 0.2) is 0 Å². The Morgan fingerprint density at radius 1 is 1.42 bits per heavy atom. The van der Waals surface area contributed by atoms with Crippen LogP contribution in [-0.4, -0.2) is 25.5 Å². The fourth-order valence-corrected chi connectivity index (χ4v) is 5.40. The van der Waals surface area contributed by atoms with Crippen LogP contribution in [0.4, 0.5) is 0 Å². The minimum absolute atomic E-state index is 0.504. The Bertz CT molecular complexity index is 485. The van der Waals surface area contributed by atoms with Gasteiger partial charge in [0.05, 0.1) is 5.60 Å². The van der Waals surface area contributed by atoms with Crippen LogP contribution in [0.2, 0.25) is 0 Å². The Kier molecular flexibility index (Phi) is 2.53. The van der Waals surface area contributed by atoms with Crippen molar-refractivity contribution in [1.29, 1.82) is 0 Å². The van der Waals surface area contributed by atoms with E-state index in [-0.39, 0.29) is 0 Å². The van der Waals surface area contributed by atoms with Crippen molar-refractivity contribution in [2.75, 3.05) is 0 Å². The number of aromatic nitrogens is 3. The average molecular weight is 261 g/mol. The number of aliphatic hydroxyl groups is 1. The van der Waals surface area contributed by atoms with Gasteiger partial charge in [0, 0.05) is 13.0 Å². The molecule has 3 fully saturated rings. The first kappa shape index (κ1) is 11.9. The zero-order chi connectivity index (χ0) is 13.0. The normalized spacial score (nSPS) is 43.9. The number of hydrogen-bond donors (Lipinski definition) is 1. The maximum absolute atomic E-state index is 11.1. The molecule has 1 heterocycles. The molecule has 3 aliphatic rings. The Balaban J connectivity index is 1.58. The van der Waals surface area contributed by atoms with Gasteiger partial charge in [-0.1, -0.05) is 6.42 Å². The van der Waals surface area contributed by atoms with Crippen molar-refractivity contribution in [1.82, 2.24) is 14.8 Å². The number of nitrogens with zero attached hydrogens (tertiary/aromatic N) is 3. The molecule has 4 nitrogen and oxygen atoms in total. The van der Waals surface area contributed by atoms with Gasteiger partial charge in [-0.05, 0) is 56.3 Å². The van der Waals surface area contributed by atoms with Crippen molar-refractivity contribution in [3.05, 3.63) is 12.2 Å². The first-order valence-corrected chi connectivity index (χ1v) is 7.80. The van der Waals surface area contributed by atoms with Crippen molar-refractivity contribution in [3.63, 3.8) is 0 Å². The molecule has 1 aromatic rings. The first-order valence-electron chi connectivity index (χ1n) is 7.80. The largest absolute Gasteiger partial charge is 0.389 e. The Morgan fingerprint density at radius 2 is 2.26 bits per heavy atom. The average Bonchev–Trinajstić information content (AvgIpc) is 3.08. The highest BCUT2D eigenvalue weighted by Gasteiger charge is 2.60. The van der Waals surface area contributed by atoms with E-state index in [9.17, 15) is 5.11 Å². The summed E-state index contributed by atoms with van der Waals surface area (Å²) in [4.78, 5) is 4.36. The van der Waals surface area contributed by atoms with Crippen molar-refractivity contribution >= 4 is 0 Å². The molecule has 3 saturated carbocycles. The third-order valence-corrected chi connectivity index (χ3v) is 6.07. The predicted molar refractivity (Wildman–Crippen MR) is 71.4 cm³/mol. The van der Waals surface area contributed by atoms with Gasteiger partial charge in [-0.3, -0.25) is 4.68 Å². The molecule has 0 aromatic carbocycles. The van der Waals surface area contributed by atoms with Gasteiger partial charge in [-0.25, -0.2) is 4.98 Å². The summed E-state index contributed by atoms with van der Waals surface area (Å²) in [7, 11) is 0. The summed E-state index contributed by atoms with van der Waals surface area (Å²) in [5.74, 6) is 3.98. The molecule has 5 unspecified atom stereocenters. The molecule has 1 aromatic heterocycles. The smallest absolute Gasteiger partial charge is 0.138 e. The fraction of sp³-hybridized carbons (Fsp3) is 0.867. The van der Waals surface area contributed by atoms with Gasteiger partial charge >= 0.3 is 0 Å². The second-order valence-electron chi connectivity index (χ2n) is 6.84. The van der Waals surface area contributed by atoms with E-state index in [2.05, 4.69) is 17.0 Å². The lowest BCUT2D eigenvalue weighted by atomic mass is 9.71. The molecule has 19 heavy (non-hydrogen) atoms. The minimum atomic E-state index is -0.504. The van der Waals surface area contributed by atoms with E-state index in [0.29, 0.717) is 12.3 Å². The van der Waals surface area contributed by atoms with E-state index < -0.39 is 5.60 Å². The maximum atomic E-state index is 11.1. The number of hydrogen-bond acceptors (Lipinski definition) is 3. The third kappa shape index (κ3) is 1.62. The molecule has 0 radical (unpaired) electrons. The lowest BCUT2D eigenvalue weighted by molar-refractivity contribution is -0.0470. The monoisotopic (exact) mass is 261 g/mol. The Labute approximate surface area is 114 Å². The van der Waals surface area contributed by atoms with Gasteiger partial charge in [-0.15, -0.1) is 0 Å². The van der Waals surface area contributed by atoms with Crippen LogP contribution in [0.5, 0.6) is 0 Å². The molecule has 0 saturated heterocycles. The molecule has 4 heteroatoms. The van der Waals surface area contributed by atoms with Crippen molar-refractivity contribution in [3.8, 4) is 0 Å². The van der Waals surface area contributed by atoms with E-state index in [4.69, 9.17) is 0 Å². The summed E-state index contributed by atoms with van der Waals surface area (Å²) >= 11 is 0. The quantitative estimate of drug-likeness (QED) is 0.905. The topological polar surface area (TPSA) is 50.9 Å². The Hall–Kier alpha value is -0.900. The highest BCUT2D eigenvalue weighted by atomic mass is 16.3. The van der Waals surface area contributed by atoms with Gasteiger partial charge in [0.25, 0.3) is 0 Å². The van der Waals surface area contributed by atoms with Crippen LogP contribution in [-0.2, 0) is 13.0 Å². The van der Waals surface area contributed by atoms with E-state index in [1.807, 2.05) is 4.68 Å². The SMILES string of the molecule is CCn1ncnc1CC1(O)CC2CC1C1CCCC21. The van der Waals surface area contributed by atoms with Crippen molar-refractivity contribution < 1.29 is 5.11 Å². The second-order valence-corrected chi connectivity index (χ2v) is 6.84. The molecule has 104 valence electrons. The molecule has 4 rings (SSSR count). The first-order chi connectivity index (χ1) is 9.21. The number of fused-ring (bicyclic) bond motifs is 5. The molecule has 0 amide bonds. The van der Waals surface area contributed by atoms with Crippen LogP contribution in [0.15, 0.2) is 6.33 Å². The van der Waals surface area contributed by atoms with Gasteiger partial charge in [-0.2, -0.15) is 5.10 Å². The Morgan fingerprint density at radius 3 is 3.11 bits per heavy atom. The molecular weight excluding hydrogens is 238 g/mol. The molecule has 3 aliphatic carbocycles. The summed E-state index contributed by atoms with van der Waals surface area (Å²) in [6, 6.07) is 0. The summed E-state index contributed by atoms with van der Waals surface area (Å²) in [5.41, 5.74) is -0.504. The minimum Gasteiger partial charge on any atom is -0.389 e. The van der Waals surface area contributed by atoms with Crippen molar-refractivity contribution in [2.45, 2.75) is 57.6 Å². The van der Waals surface area contributed by atoms with Crippen LogP contribution < -0.4 is 0 Å². The van der Waals surface area contributed by atoms with E-state index >= 15 is 0 Å². The van der Waals surface area contributed by atoms with Crippen LogP contribution >= 0.6 is 0 Å². The number of rotatable bonds is 3. The summed E-state index contributed by atoms with van der Waals surface area (Å²) in [6.07, 6.45) is 8.70. The van der Waals surface area contributed by atoms with Crippen LogP contribution in [0.1, 0.15) is 44.9 Å². The van der Waals surface area contributed by atoms with E-state index in [1.165, 1.54) is 25.7 Å². The molecule has 0 spiro atoms. The predicted octanol–water partition coefficient (Wildman–Crippen LogP) is 2.03. The lowest BCUT2D eigenvalue weighted by Gasteiger charge is -2.38. The van der Waals surface area contributed by atoms with Gasteiger partial charge < -0.3 is 5.11 Å². The van der Waals surface area contributed by atoms with Gasteiger partial charge in [0.2, 0.25) is 0 Å². The van der Waals surface area contributed by atoms with Crippen molar-refractivity contribution in [2.24, 2.45) is 23.7 Å². The maximum Gasteiger partial charge on any atom is 0.138 e. The summed E-state index contributed by atoms with van der Waals surface area (Å²) in [5, 5.41) is 15.4. The number of aryl methyl sites for hydroxylation is 1. The molecule has 2 bridgehead atoms. The summed E-state index contributed by atoms with van der Waals surface area (Å²) < 4.78 is 1.93. The van der Waals surface area contributed by atoms with E-state index in [0.717, 1.165) is 36.5 Å². The van der Waals surface area contributed by atoms with Crippen LogP contribution in [0.3, 0.4) is 0 Å². The fourth-order valence-electron chi connectivity index (χ4n) is 5.40. The lowest BCUT2D eigenvalue weighted by Crippen LogP contribution is -2.43. The van der Waals surface area contributed by atoms with Crippen LogP contribution in [0, 0.1) is 23.7 Å². The summed E-state index contributed by atoms with van der Waals surface area (Å²) in [6.45, 7) is 2.92. The second kappa shape index (κ2) is 4.05. The van der Waals surface area contributed by atoms with Crippen LogP contribution in [0.25, 0.3) is 0 Å². The standard InChI is InChI=1S/C15H23N3O/c1-2-18-14(16-9-17-18)8-15(19)7-10-6-13(15)12-5-3-4-11(10)12/h9-13,19H,2-8H2,1H3. The highest BCUT2D eigenvalue weighted by Crippen LogP contribution is 2.62. The molecule has 0 aliphatic heterocycles. The van der Waals surface area contributed by atoms with Gasteiger partial charge in [0.1, 0.15) is 12.2 Å². The molecule has 1 N–H and O–H groups in total. The van der Waals surface area contributed by atoms with E-state index in [1.54, 1.807) is 6.33 Å². The molecule has 5 atom stereocenters. The highest BCUT2D eigenvalue weighted by molar-refractivity contribution is 5.12.